The molecule has 5 heteroatoms. The maximum atomic E-state index is 12.5. The van der Waals surface area contributed by atoms with E-state index >= 15 is 0 Å². The smallest absolute Gasteiger partial charge is 0.252 e. The van der Waals surface area contributed by atoms with Crippen LogP contribution >= 0.6 is 15.9 Å². The molecule has 4 nitrogen and oxygen atoms in total. The lowest BCUT2D eigenvalue weighted by Crippen LogP contribution is -2.36. The molecule has 1 N–H and O–H groups in total. The van der Waals surface area contributed by atoms with Gasteiger partial charge in [0.25, 0.3) is 5.91 Å². The van der Waals surface area contributed by atoms with Gasteiger partial charge in [0.05, 0.1) is 18.7 Å². The van der Waals surface area contributed by atoms with Crippen LogP contribution in [0.3, 0.4) is 0 Å². The lowest BCUT2D eigenvalue weighted by molar-refractivity contribution is 0.0937. The molecule has 1 saturated heterocycles. The summed E-state index contributed by atoms with van der Waals surface area (Å²) in [7, 11) is 1.67. The zero-order valence-electron chi connectivity index (χ0n) is 14.4. The second-order valence-corrected chi connectivity index (χ2v) is 7.08. The maximum absolute atomic E-state index is 12.5. The fourth-order valence-corrected chi connectivity index (χ4v) is 3.73. The molecule has 0 aliphatic carbocycles. The van der Waals surface area contributed by atoms with Crippen LogP contribution in [0.1, 0.15) is 34.8 Å². The summed E-state index contributed by atoms with van der Waals surface area (Å²) in [5.41, 5.74) is 1.87. The third kappa shape index (κ3) is 4.41. The number of amides is 1. The predicted molar refractivity (Wildman–Crippen MR) is 103 cm³/mol. The average molecular weight is 403 g/mol. The summed E-state index contributed by atoms with van der Waals surface area (Å²) in [5.74, 6) is 0.798. The number of nitrogens with one attached hydrogen (secondary N) is 1. The van der Waals surface area contributed by atoms with Crippen molar-refractivity contribution in [1.29, 1.82) is 0 Å². The van der Waals surface area contributed by atoms with Gasteiger partial charge in [-0.3, -0.25) is 9.69 Å². The Morgan fingerprint density at radius 1 is 1.16 bits per heavy atom. The van der Waals surface area contributed by atoms with E-state index in [4.69, 9.17) is 4.74 Å². The van der Waals surface area contributed by atoms with Crippen LogP contribution in [0, 0.1) is 0 Å². The minimum atomic E-state index is -0.0508. The number of halogens is 1. The van der Waals surface area contributed by atoms with Crippen molar-refractivity contribution < 1.29 is 9.53 Å². The molecule has 0 bridgehead atoms. The van der Waals surface area contributed by atoms with E-state index in [1.165, 1.54) is 18.4 Å². The largest absolute Gasteiger partial charge is 0.497 e. The van der Waals surface area contributed by atoms with Crippen molar-refractivity contribution in [2.45, 2.75) is 18.9 Å². The molecule has 3 rings (SSSR count). The highest BCUT2D eigenvalue weighted by Crippen LogP contribution is 2.26. The Hall–Kier alpha value is -1.85. The first-order valence-electron chi connectivity index (χ1n) is 8.60. The Bertz CT molecular complexity index is 712. The molecule has 0 unspecified atom stereocenters. The number of hydrogen-bond donors (Lipinski definition) is 1. The van der Waals surface area contributed by atoms with E-state index in [9.17, 15) is 4.79 Å². The third-order valence-electron chi connectivity index (χ3n) is 4.66. The first-order valence-corrected chi connectivity index (χ1v) is 9.39. The van der Waals surface area contributed by atoms with Crippen LogP contribution < -0.4 is 10.1 Å². The number of carbonyl (C=O) groups is 1. The molecule has 2 aromatic rings. The van der Waals surface area contributed by atoms with Gasteiger partial charge in [0.15, 0.2) is 0 Å². The monoisotopic (exact) mass is 402 g/mol. The predicted octanol–water partition coefficient (Wildman–Crippen LogP) is 4.02. The number of hydrogen-bond acceptors (Lipinski definition) is 3. The molecule has 132 valence electrons. The Morgan fingerprint density at radius 3 is 2.48 bits per heavy atom. The summed E-state index contributed by atoms with van der Waals surface area (Å²) in [5, 5.41) is 3.10. The van der Waals surface area contributed by atoms with Gasteiger partial charge in [-0.15, -0.1) is 0 Å². The van der Waals surface area contributed by atoms with Gasteiger partial charge in [0.1, 0.15) is 5.75 Å². The number of methoxy groups -OCH3 is 1. The van der Waals surface area contributed by atoms with Crippen LogP contribution in [0.2, 0.25) is 0 Å². The molecule has 1 fully saturated rings. The number of likely N-dealkylation sites (tertiary alicyclic amines) is 1. The summed E-state index contributed by atoms with van der Waals surface area (Å²) < 4.78 is 6.07. The van der Waals surface area contributed by atoms with Gasteiger partial charge in [-0.1, -0.05) is 24.3 Å². The van der Waals surface area contributed by atoms with Crippen molar-refractivity contribution in [2.75, 3.05) is 26.7 Å². The molecule has 1 heterocycles. The molecule has 0 saturated carbocycles. The van der Waals surface area contributed by atoms with Crippen LogP contribution in [0.4, 0.5) is 0 Å². The Balaban J connectivity index is 1.73. The van der Waals surface area contributed by atoms with Gasteiger partial charge in [-0.25, -0.2) is 0 Å². The SMILES string of the molecule is COc1ccc([C@H](CNC(=O)c2ccccc2Br)N2CCCC2)cc1. The van der Waals surface area contributed by atoms with E-state index in [0.29, 0.717) is 12.1 Å². The van der Waals surface area contributed by atoms with Crippen LogP contribution in [-0.2, 0) is 0 Å². The van der Waals surface area contributed by atoms with Crippen molar-refractivity contribution >= 4 is 21.8 Å². The summed E-state index contributed by atoms with van der Waals surface area (Å²) in [4.78, 5) is 15.0. The molecule has 0 aromatic heterocycles. The first kappa shape index (κ1) is 18.0. The molecule has 0 spiro atoms. The van der Waals surface area contributed by atoms with E-state index in [-0.39, 0.29) is 11.9 Å². The first-order chi connectivity index (χ1) is 12.2. The van der Waals surface area contributed by atoms with Crippen molar-refractivity contribution in [3.63, 3.8) is 0 Å². The Morgan fingerprint density at radius 2 is 1.84 bits per heavy atom. The summed E-state index contributed by atoms with van der Waals surface area (Å²) >= 11 is 3.45. The molecule has 1 aliphatic heterocycles. The van der Waals surface area contributed by atoms with Gasteiger partial charge in [0, 0.05) is 11.0 Å². The van der Waals surface area contributed by atoms with Crippen LogP contribution in [0.15, 0.2) is 53.0 Å². The fourth-order valence-electron chi connectivity index (χ4n) is 3.27. The lowest BCUT2D eigenvalue weighted by atomic mass is 10.0. The van der Waals surface area contributed by atoms with E-state index in [1.807, 2.05) is 36.4 Å². The number of benzene rings is 2. The molecular formula is C20H23BrN2O2. The highest BCUT2D eigenvalue weighted by atomic mass is 79.9. The van der Waals surface area contributed by atoms with Crippen molar-refractivity contribution in [2.24, 2.45) is 0 Å². The number of nitrogens with zero attached hydrogens (tertiary/aromatic N) is 1. The van der Waals surface area contributed by atoms with Gasteiger partial charge in [-0.2, -0.15) is 0 Å². The summed E-state index contributed by atoms with van der Waals surface area (Å²) in [6.45, 7) is 2.73. The van der Waals surface area contributed by atoms with Crippen LogP contribution in [-0.4, -0.2) is 37.6 Å². The normalized spacial score (nSPS) is 15.8. The zero-order chi connectivity index (χ0) is 17.6. The number of carbonyl (C=O) groups excluding carboxylic acids is 1. The van der Waals surface area contributed by atoms with E-state index in [1.54, 1.807) is 7.11 Å². The molecule has 1 amide bonds. The van der Waals surface area contributed by atoms with Crippen molar-refractivity contribution in [3.05, 3.63) is 64.1 Å². The topological polar surface area (TPSA) is 41.6 Å². The van der Waals surface area contributed by atoms with Crippen LogP contribution in [0.25, 0.3) is 0 Å². The van der Waals surface area contributed by atoms with Gasteiger partial charge in [-0.05, 0) is 71.7 Å². The molecule has 0 radical (unpaired) electrons. The minimum absolute atomic E-state index is 0.0508. The molecule has 1 atom stereocenters. The quantitative estimate of drug-likeness (QED) is 0.792. The van der Waals surface area contributed by atoms with Gasteiger partial charge < -0.3 is 10.1 Å². The lowest BCUT2D eigenvalue weighted by Gasteiger charge is -2.28. The number of ether oxygens (including phenoxy) is 1. The van der Waals surface area contributed by atoms with E-state index in [2.05, 4.69) is 38.3 Å². The molecule has 1 aliphatic rings. The van der Waals surface area contributed by atoms with Crippen LogP contribution in [0.5, 0.6) is 5.75 Å². The summed E-state index contributed by atoms with van der Waals surface area (Å²) in [6.07, 6.45) is 2.43. The highest BCUT2D eigenvalue weighted by molar-refractivity contribution is 9.10. The average Bonchev–Trinajstić information content (AvgIpc) is 3.17. The van der Waals surface area contributed by atoms with E-state index in [0.717, 1.165) is 23.3 Å². The standard InChI is InChI=1S/C20H23BrN2O2/c1-25-16-10-8-15(9-11-16)19(23-12-4-5-13-23)14-22-20(24)17-6-2-3-7-18(17)21/h2-3,6-11,19H,4-5,12-14H2,1H3,(H,22,24)/t19-/m0/s1. The number of rotatable bonds is 6. The van der Waals surface area contributed by atoms with Crippen molar-refractivity contribution in [1.82, 2.24) is 10.2 Å². The fraction of sp³-hybridized carbons (Fsp3) is 0.350. The van der Waals surface area contributed by atoms with Crippen molar-refractivity contribution in [3.8, 4) is 5.75 Å². The van der Waals surface area contributed by atoms with Gasteiger partial charge in [0.2, 0.25) is 0 Å². The Labute approximate surface area is 157 Å². The second kappa shape index (κ2) is 8.50. The van der Waals surface area contributed by atoms with E-state index < -0.39 is 0 Å². The van der Waals surface area contributed by atoms with Gasteiger partial charge >= 0.3 is 0 Å². The highest BCUT2D eigenvalue weighted by Gasteiger charge is 2.24. The maximum Gasteiger partial charge on any atom is 0.252 e. The second-order valence-electron chi connectivity index (χ2n) is 6.22. The minimum Gasteiger partial charge on any atom is -0.497 e. The Kier molecular flexibility index (Phi) is 6.10. The molecular weight excluding hydrogens is 380 g/mol. The summed E-state index contributed by atoms with van der Waals surface area (Å²) in [6, 6.07) is 15.8. The molecule has 2 aromatic carbocycles. The zero-order valence-corrected chi connectivity index (χ0v) is 16.0. The third-order valence-corrected chi connectivity index (χ3v) is 5.35. The molecule has 25 heavy (non-hydrogen) atoms.